The molecular formula is C36H37BO2. The van der Waals surface area contributed by atoms with E-state index in [1.807, 2.05) is 0 Å². The lowest BCUT2D eigenvalue weighted by molar-refractivity contribution is 0.00578. The molecule has 0 atom stereocenters. The standard InChI is InChI=1S/C36H37BO2/c1-34(2)35(3,4)39-37(38-34)28-20-18-25(19-21-28)26-12-10-13-27(24-26)29-15-11-17-32-33(29)30-14-6-7-16-31(30)36(32)22-8-5-9-23-36/h6-7,10-21,24H,5,8-9,22-23H2,1-4H3. The Bertz CT molecular complexity index is 1530. The van der Waals surface area contributed by atoms with Gasteiger partial charge in [0.2, 0.25) is 0 Å². The monoisotopic (exact) mass is 512 g/mol. The summed E-state index contributed by atoms with van der Waals surface area (Å²) in [6.07, 6.45) is 6.50. The van der Waals surface area contributed by atoms with Crippen LogP contribution in [-0.2, 0) is 14.7 Å². The van der Waals surface area contributed by atoms with Gasteiger partial charge in [0, 0.05) is 5.41 Å². The topological polar surface area (TPSA) is 18.5 Å². The summed E-state index contributed by atoms with van der Waals surface area (Å²) in [5.74, 6) is 0. The fourth-order valence-corrected chi connectivity index (χ4v) is 7.12. The molecule has 0 aromatic heterocycles. The minimum atomic E-state index is -0.338. The number of benzene rings is 4. The molecule has 3 heteroatoms. The summed E-state index contributed by atoms with van der Waals surface area (Å²) in [5, 5.41) is 0. The van der Waals surface area contributed by atoms with E-state index in [1.165, 1.54) is 71.0 Å². The normalized spacial score (nSPS) is 20.2. The van der Waals surface area contributed by atoms with Crippen molar-refractivity contribution in [3.63, 3.8) is 0 Å². The van der Waals surface area contributed by atoms with E-state index >= 15 is 0 Å². The molecule has 0 radical (unpaired) electrons. The maximum absolute atomic E-state index is 6.27. The van der Waals surface area contributed by atoms with Crippen LogP contribution < -0.4 is 5.46 Å². The van der Waals surface area contributed by atoms with Crippen LogP contribution in [0.4, 0.5) is 0 Å². The third kappa shape index (κ3) is 3.85. The Morgan fingerprint density at radius 2 is 1.18 bits per heavy atom. The molecule has 1 heterocycles. The molecule has 0 unspecified atom stereocenters. The van der Waals surface area contributed by atoms with E-state index in [1.54, 1.807) is 5.56 Å². The molecule has 1 saturated carbocycles. The largest absolute Gasteiger partial charge is 0.494 e. The first-order valence-corrected chi connectivity index (χ1v) is 14.6. The van der Waals surface area contributed by atoms with Crippen LogP contribution in [0.5, 0.6) is 0 Å². The molecule has 39 heavy (non-hydrogen) atoms. The minimum Gasteiger partial charge on any atom is -0.399 e. The fraction of sp³-hybridized carbons (Fsp3) is 0.333. The summed E-state index contributed by atoms with van der Waals surface area (Å²) in [6.45, 7) is 8.40. The lowest BCUT2D eigenvalue weighted by atomic mass is 9.68. The van der Waals surface area contributed by atoms with Crippen LogP contribution in [0.15, 0.2) is 91.0 Å². The number of hydrogen-bond donors (Lipinski definition) is 0. The summed E-state index contributed by atoms with van der Waals surface area (Å²) < 4.78 is 12.5. The van der Waals surface area contributed by atoms with Crippen LogP contribution >= 0.6 is 0 Å². The Balaban J connectivity index is 1.25. The molecule has 0 bridgehead atoms. The first-order valence-electron chi connectivity index (χ1n) is 14.6. The van der Waals surface area contributed by atoms with Crippen molar-refractivity contribution in [2.75, 3.05) is 0 Å². The van der Waals surface area contributed by atoms with Crippen molar-refractivity contribution < 1.29 is 9.31 Å². The predicted molar refractivity (Wildman–Crippen MR) is 162 cm³/mol. The highest BCUT2D eigenvalue weighted by Crippen LogP contribution is 2.57. The number of hydrogen-bond acceptors (Lipinski definition) is 2. The number of fused-ring (bicyclic) bond motifs is 5. The molecule has 1 saturated heterocycles. The van der Waals surface area contributed by atoms with Gasteiger partial charge < -0.3 is 9.31 Å². The summed E-state index contributed by atoms with van der Waals surface area (Å²) in [5.41, 5.74) is 11.6. The molecule has 0 N–H and O–H groups in total. The molecule has 3 aliphatic rings. The summed E-state index contributed by atoms with van der Waals surface area (Å²) in [4.78, 5) is 0. The van der Waals surface area contributed by atoms with Crippen molar-refractivity contribution in [2.24, 2.45) is 0 Å². The Hall–Kier alpha value is -3.14. The van der Waals surface area contributed by atoms with Crippen LogP contribution in [0.3, 0.4) is 0 Å². The van der Waals surface area contributed by atoms with Crippen molar-refractivity contribution in [2.45, 2.75) is 76.4 Å². The second-order valence-electron chi connectivity index (χ2n) is 12.7. The zero-order chi connectivity index (χ0) is 26.8. The molecule has 1 aliphatic heterocycles. The van der Waals surface area contributed by atoms with Gasteiger partial charge in [-0.05, 0) is 96.6 Å². The smallest absolute Gasteiger partial charge is 0.399 e. The van der Waals surface area contributed by atoms with Crippen LogP contribution in [0.2, 0.25) is 0 Å². The van der Waals surface area contributed by atoms with Crippen LogP contribution in [0.1, 0.15) is 70.9 Å². The predicted octanol–water partition coefficient (Wildman–Crippen LogP) is 8.55. The van der Waals surface area contributed by atoms with Crippen molar-refractivity contribution >= 4 is 12.6 Å². The molecule has 2 fully saturated rings. The third-order valence-electron chi connectivity index (χ3n) is 9.94. The second kappa shape index (κ2) is 8.94. The third-order valence-corrected chi connectivity index (χ3v) is 9.94. The van der Waals surface area contributed by atoms with Gasteiger partial charge in [0.1, 0.15) is 0 Å². The highest BCUT2D eigenvalue weighted by Gasteiger charge is 2.51. The number of rotatable bonds is 3. The van der Waals surface area contributed by atoms with Gasteiger partial charge in [-0.25, -0.2) is 0 Å². The average Bonchev–Trinajstić information content (AvgIpc) is 3.35. The summed E-state index contributed by atoms with van der Waals surface area (Å²) >= 11 is 0. The second-order valence-corrected chi connectivity index (χ2v) is 12.7. The summed E-state index contributed by atoms with van der Waals surface area (Å²) in [6, 6.07) is 33.9. The van der Waals surface area contributed by atoms with Gasteiger partial charge in [-0.3, -0.25) is 0 Å². The molecule has 196 valence electrons. The van der Waals surface area contributed by atoms with E-state index < -0.39 is 0 Å². The molecule has 4 aromatic carbocycles. The van der Waals surface area contributed by atoms with E-state index in [0.717, 1.165) is 5.46 Å². The van der Waals surface area contributed by atoms with Gasteiger partial charge in [-0.15, -0.1) is 0 Å². The van der Waals surface area contributed by atoms with E-state index in [4.69, 9.17) is 9.31 Å². The molecule has 1 spiro atoms. The van der Waals surface area contributed by atoms with Gasteiger partial charge in [0.25, 0.3) is 0 Å². The molecule has 2 aliphatic carbocycles. The van der Waals surface area contributed by atoms with E-state index in [-0.39, 0.29) is 23.7 Å². The van der Waals surface area contributed by atoms with Crippen molar-refractivity contribution in [3.8, 4) is 33.4 Å². The molecule has 4 aromatic rings. The Morgan fingerprint density at radius 1 is 0.564 bits per heavy atom. The van der Waals surface area contributed by atoms with Crippen molar-refractivity contribution in [1.29, 1.82) is 0 Å². The lowest BCUT2D eigenvalue weighted by Crippen LogP contribution is -2.41. The average molecular weight is 513 g/mol. The molecule has 0 amide bonds. The van der Waals surface area contributed by atoms with Gasteiger partial charge in [0.05, 0.1) is 11.2 Å². The Kier molecular flexibility index (Phi) is 5.70. The van der Waals surface area contributed by atoms with E-state index in [2.05, 4.69) is 119 Å². The zero-order valence-electron chi connectivity index (χ0n) is 23.6. The van der Waals surface area contributed by atoms with Gasteiger partial charge in [0.15, 0.2) is 0 Å². The highest BCUT2D eigenvalue weighted by molar-refractivity contribution is 6.62. The maximum atomic E-state index is 6.27. The Morgan fingerprint density at radius 3 is 1.92 bits per heavy atom. The van der Waals surface area contributed by atoms with Crippen LogP contribution in [0.25, 0.3) is 33.4 Å². The minimum absolute atomic E-state index is 0.182. The SMILES string of the molecule is CC1(C)OB(c2ccc(-c3cccc(-c4cccc5c4-c4ccccc4C54CCCCC4)c3)cc2)OC1(C)C. The van der Waals surface area contributed by atoms with Crippen molar-refractivity contribution in [1.82, 2.24) is 0 Å². The molecular weight excluding hydrogens is 475 g/mol. The van der Waals surface area contributed by atoms with Crippen molar-refractivity contribution in [3.05, 3.63) is 102 Å². The van der Waals surface area contributed by atoms with E-state index in [0.29, 0.717) is 0 Å². The van der Waals surface area contributed by atoms with Crippen LogP contribution in [-0.4, -0.2) is 18.3 Å². The van der Waals surface area contributed by atoms with Gasteiger partial charge in [-0.2, -0.15) is 0 Å². The quantitative estimate of drug-likeness (QED) is 0.256. The molecule has 2 nitrogen and oxygen atoms in total. The first-order chi connectivity index (χ1) is 18.8. The highest BCUT2D eigenvalue weighted by atomic mass is 16.7. The lowest BCUT2D eigenvalue weighted by Gasteiger charge is -2.36. The summed E-state index contributed by atoms with van der Waals surface area (Å²) in [7, 11) is -0.338. The van der Waals surface area contributed by atoms with Gasteiger partial charge >= 0.3 is 7.12 Å². The Labute approximate surface area is 233 Å². The van der Waals surface area contributed by atoms with Crippen LogP contribution in [0, 0.1) is 0 Å². The maximum Gasteiger partial charge on any atom is 0.494 e. The fourth-order valence-electron chi connectivity index (χ4n) is 7.12. The first kappa shape index (κ1) is 24.9. The van der Waals surface area contributed by atoms with E-state index in [9.17, 15) is 0 Å². The van der Waals surface area contributed by atoms with Gasteiger partial charge in [-0.1, -0.05) is 104 Å². The molecule has 7 rings (SSSR count). The zero-order valence-corrected chi connectivity index (χ0v) is 23.6.